The van der Waals surface area contributed by atoms with Gasteiger partial charge in [-0.1, -0.05) is 26.0 Å². The molecule has 5 nitrogen and oxygen atoms in total. The lowest BCUT2D eigenvalue weighted by Gasteiger charge is -2.09. The van der Waals surface area contributed by atoms with E-state index in [4.69, 9.17) is 0 Å². The molecular weight excluding hydrogens is 254 g/mol. The molecule has 1 N–H and O–H groups in total. The van der Waals surface area contributed by atoms with Gasteiger partial charge in [0.1, 0.15) is 6.54 Å². The lowest BCUT2D eigenvalue weighted by atomic mass is 10.1. The number of nitrogens with zero attached hydrogens (tertiary/aromatic N) is 2. The van der Waals surface area contributed by atoms with Gasteiger partial charge in [0.05, 0.1) is 17.2 Å². The number of benzene rings is 1. The van der Waals surface area contributed by atoms with Gasteiger partial charge in [0, 0.05) is 6.54 Å². The summed E-state index contributed by atoms with van der Waals surface area (Å²) >= 11 is 0. The minimum atomic E-state index is -0.186. The highest BCUT2D eigenvalue weighted by Gasteiger charge is 2.07. The summed E-state index contributed by atoms with van der Waals surface area (Å²) in [6, 6.07) is 7.12. The van der Waals surface area contributed by atoms with Crippen LogP contribution in [-0.2, 0) is 11.3 Å². The lowest BCUT2D eigenvalue weighted by Crippen LogP contribution is -2.33. The van der Waals surface area contributed by atoms with E-state index >= 15 is 0 Å². The summed E-state index contributed by atoms with van der Waals surface area (Å²) in [7, 11) is 0. The Bertz CT molecular complexity index is 661. The summed E-state index contributed by atoms with van der Waals surface area (Å²) in [4.78, 5) is 28.2. The smallest absolute Gasteiger partial charge is 0.261 e. The van der Waals surface area contributed by atoms with Gasteiger partial charge in [0.25, 0.3) is 5.56 Å². The molecule has 0 unspecified atom stereocenters. The Kier molecular flexibility index (Phi) is 4.50. The summed E-state index contributed by atoms with van der Waals surface area (Å²) < 4.78 is 1.34. The second-order valence-electron chi connectivity index (χ2n) is 5.23. The lowest BCUT2D eigenvalue weighted by molar-refractivity contribution is -0.121. The number of carbonyl (C=O) groups is 1. The maximum absolute atomic E-state index is 12.2. The standard InChI is InChI=1S/C15H19N3O2/c1-11(2)7-8-16-14(19)9-18-10-17-13-6-4-3-5-12(13)15(18)20/h3-6,10-11H,7-9H2,1-2H3,(H,16,19). The van der Waals surface area contributed by atoms with E-state index in [0.717, 1.165) is 6.42 Å². The molecule has 2 rings (SSSR count). The van der Waals surface area contributed by atoms with E-state index in [0.29, 0.717) is 23.4 Å². The molecule has 0 spiro atoms. The Morgan fingerprint density at radius 1 is 1.35 bits per heavy atom. The van der Waals surface area contributed by atoms with Crippen LogP contribution in [0.4, 0.5) is 0 Å². The van der Waals surface area contributed by atoms with E-state index < -0.39 is 0 Å². The highest BCUT2D eigenvalue weighted by Crippen LogP contribution is 2.04. The third kappa shape index (κ3) is 3.44. The summed E-state index contributed by atoms with van der Waals surface area (Å²) in [5.74, 6) is 0.380. The maximum Gasteiger partial charge on any atom is 0.261 e. The SMILES string of the molecule is CC(C)CCNC(=O)Cn1cnc2ccccc2c1=O. The normalized spacial score (nSPS) is 10.9. The molecule has 1 heterocycles. The Balaban J connectivity index is 2.08. The van der Waals surface area contributed by atoms with Crippen LogP contribution >= 0.6 is 0 Å². The van der Waals surface area contributed by atoms with Crippen LogP contribution in [0.2, 0.25) is 0 Å². The van der Waals surface area contributed by atoms with Gasteiger partial charge in [-0.25, -0.2) is 4.98 Å². The number of aromatic nitrogens is 2. The van der Waals surface area contributed by atoms with Crippen molar-refractivity contribution in [3.63, 3.8) is 0 Å². The van der Waals surface area contributed by atoms with Gasteiger partial charge in [-0.15, -0.1) is 0 Å². The number of hydrogen-bond donors (Lipinski definition) is 1. The molecule has 0 radical (unpaired) electrons. The molecule has 1 aromatic heterocycles. The highest BCUT2D eigenvalue weighted by atomic mass is 16.2. The van der Waals surface area contributed by atoms with Crippen LogP contribution in [0.15, 0.2) is 35.4 Å². The van der Waals surface area contributed by atoms with Crippen LogP contribution in [0.5, 0.6) is 0 Å². The first-order valence-corrected chi connectivity index (χ1v) is 6.79. The number of para-hydroxylation sites is 1. The zero-order valence-corrected chi connectivity index (χ0v) is 11.8. The second-order valence-corrected chi connectivity index (χ2v) is 5.23. The molecule has 2 aromatic rings. The van der Waals surface area contributed by atoms with Crippen molar-refractivity contribution in [2.75, 3.05) is 6.54 Å². The third-order valence-electron chi connectivity index (χ3n) is 3.09. The molecule has 1 aromatic carbocycles. The molecule has 0 aliphatic rings. The topological polar surface area (TPSA) is 64.0 Å². The van der Waals surface area contributed by atoms with Crippen molar-refractivity contribution in [3.05, 3.63) is 40.9 Å². The van der Waals surface area contributed by atoms with Crippen molar-refractivity contribution in [1.29, 1.82) is 0 Å². The molecule has 0 saturated heterocycles. The van der Waals surface area contributed by atoms with E-state index in [1.54, 1.807) is 18.2 Å². The fourth-order valence-corrected chi connectivity index (χ4v) is 1.93. The predicted molar refractivity (Wildman–Crippen MR) is 78.5 cm³/mol. The van der Waals surface area contributed by atoms with Gasteiger partial charge in [-0.05, 0) is 24.5 Å². The number of rotatable bonds is 5. The van der Waals surface area contributed by atoms with Crippen molar-refractivity contribution in [2.24, 2.45) is 5.92 Å². The molecule has 0 aliphatic carbocycles. The second kappa shape index (κ2) is 6.32. The number of nitrogens with one attached hydrogen (secondary N) is 1. The minimum Gasteiger partial charge on any atom is -0.355 e. The minimum absolute atomic E-state index is 0.00869. The fourth-order valence-electron chi connectivity index (χ4n) is 1.93. The number of carbonyl (C=O) groups excluding carboxylic acids is 1. The van der Waals surface area contributed by atoms with E-state index in [1.807, 2.05) is 6.07 Å². The maximum atomic E-state index is 12.2. The van der Waals surface area contributed by atoms with Crippen molar-refractivity contribution < 1.29 is 4.79 Å². The molecule has 5 heteroatoms. The van der Waals surface area contributed by atoms with Crippen LogP contribution in [0.25, 0.3) is 10.9 Å². The molecule has 0 atom stereocenters. The van der Waals surface area contributed by atoms with Crippen LogP contribution in [-0.4, -0.2) is 22.0 Å². The molecule has 0 saturated carbocycles. The predicted octanol–water partition coefficient (Wildman–Crippen LogP) is 1.56. The fraction of sp³-hybridized carbons (Fsp3) is 0.400. The van der Waals surface area contributed by atoms with Crippen LogP contribution < -0.4 is 10.9 Å². The van der Waals surface area contributed by atoms with Gasteiger partial charge in [-0.2, -0.15) is 0 Å². The molecule has 1 amide bonds. The average Bonchev–Trinajstić information content (AvgIpc) is 2.42. The number of fused-ring (bicyclic) bond motifs is 1. The molecule has 0 bridgehead atoms. The summed E-state index contributed by atoms with van der Waals surface area (Å²) in [5, 5.41) is 3.34. The quantitative estimate of drug-likeness (QED) is 0.899. The van der Waals surface area contributed by atoms with E-state index in [1.165, 1.54) is 10.9 Å². The molecule has 0 aliphatic heterocycles. The third-order valence-corrected chi connectivity index (χ3v) is 3.09. The Labute approximate surface area is 117 Å². The Hall–Kier alpha value is -2.17. The van der Waals surface area contributed by atoms with E-state index in [2.05, 4.69) is 24.1 Å². The van der Waals surface area contributed by atoms with Crippen LogP contribution in [0, 0.1) is 5.92 Å². The molecule has 20 heavy (non-hydrogen) atoms. The van der Waals surface area contributed by atoms with E-state index in [9.17, 15) is 9.59 Å². The Morgan fingerprint density at radius 3 is 2.85 bits per heavy atom. The molecule has 106 valence electrons. The van der Waals surface area contributed by atoms with Gasteiger partial charge in [0.15, 0.2) is 0 Å². The van der Waals surface area contributed by atoms with Gasteiger partial charge in [-0.3, -0.25) is 14.2 Å². The zero-order valence-electron chi connectivity index (χ0n) is 11.8. The van der Waals surface area contributed by atoms with Gasteiger partial charge >= 0.3 is 0 Å². The van der Waals surface area contributed by atoms with E-state index in [-0.39, 0.29) is 18.0 Å². The largest absolute Gasteiger partial charge is 0.355 e. The first-order valence-electron chi connectivity index (χ1n) is 6.79. The van der Waals surface area contributed by atoms with Crippen molar-refractivity contribution in [2.45, 2.75) is 26.8 Å². The summed E-state index contributed by atoms with van der Waals surface area (Å²) in [6.45, 7) is 4.84. The number of hydrogen-bond acceptors (Lipinski definition) is 3. The monoisotopic (exact) mass is 273 g/mol. The molecular formula is C15H19N3O2. The van der Waals surface area contributed by atoms with Crippen molar-refractivity contribution in [3.8, 4) is 0 Å². The number of amides is 1. The molecule has 0 fully saturated rings. The highest BCUT2D eigenvalue weighted by molar-refractivity contribution is 5.78. The van der Waals surface area contributed by atoms with Crippen LogP contribution in [0.1, 0.15) is 20.3 Å². The van der Waals surface area contributed by atoms with Crippen molar-refractivity contribution in [1.82, 2.24) is 14.9 Å². The summed E-state index contributed by atoms with van der Waals surface area (Å²) in [6.07, 6.45) is 2.35. The zero-order chi connectivity index (χ0) is 14.5. The first kappa shape index (κ1) is 14.2. The summed E-state index contributed by atoms with van der Waals surface area (Å²) in [5.41, 5.74) is 0.462. The average molecular weight is 273 g/mol. The van der Waals surface area contributed by atoms with Crippen LogP contribution in [0.3, 0.4) is 0 Å². The Morgan fingerprint density at radius 2 is 2.10 bits per heavy atom. The van der Waals surface area contributed by atoms with Crippen molar-refractivity contribution >= 4 is 16.8 Å². The van der Waals surface area contributed by atoms with Gasteiger partial charge < -0.3 is 5.32 Å². The first-order chi connectivity index (χ1) is 9.58. The van der Waals surface area contributed by atoms with Gasteiger partial charge in [0.2, 0.25) is 5.91 Å².